The van der Waals surface area contributed by atoms with Crippen LogP contribution in [0.2, 0.25) is 0 Å². The van der Waals surface area contributed by atoms with Crippen LogP contribution < -0.4 is 4.74 Å². The van der Waals surface area contributed by atoms with E-state index in [2.05, 4.69) is 5.10 Å². The Morgan fingerprint density at radius 3 is 2.79 bits per heavy atom. The van der Waals surface area contributed by atoms with Crippen molar-refractivity contribution in [1.29, 1.82) is 0 Å². The van der Waals surface area contributed by atoms with E-state index in [0.717, 1.165) is 17.7 Å². The predicted molar refractivity (Wildman–Crippen MR) is 73.1 cm³/mol. The number of hydrogen-bond donors (Lipinski definition) is 0. The fourth-order valence-corrected chi connectivity index (χ4v) is 1.86. The molecular formula is C15H18N2O2. The first-order valence-corrected chi connectivity index (χ1v) is 6.41. The number of para-hydroxylation sites is 1. The highest BCUT2D eigenvalue weighted by Gasteiger charge is 2.05. The summed E-state index contributed by atoms with van der Waals surface area (Å²) in [7, 11) is 1.85. The van der Waals surface area contributed by atoms with Crippen molar-refractivity contribution in [2.24, 2.45) is 7.05 Å². The third-order valence-electron chi connectivity index (χ3n) is 2.77. The lowest BCUT2D eigenvalue weighted by Gasteiger charge is -2.05. The third-order valence-corrected chi connectivity index (χ3v) is 2.77. The number of aryl methyl sites for hydroxylation is 1. The predicted octanol–water partition coefficient (Wildman–Crippen LogP) is 2.39. The van der Waals surface area contributed by atoms with Crippen LogP contribution in [0.1, 0.15) is 18.4 Å². The number of ketones is 1. The molecule has 0 saturated carbocycles. The number of carbonyl (C=O) groups excluding carboxylic acids is 1. The van der Waals surface area contributed by atoms with Crippen molar-refractivity contribution in [2.75, 3.05) is 6.61 Å². The summed E-state index contributed by atoms with van der Waals surface area (Å²) < 4.78 is 7.25. The first-order valence-electron chi connectivity index (χ1n) is 6.41. The van der Waals surface area contributed by atoms with Crippen LogP contribution in [0.15, 0.2) is 42.7 Å². The van der Waals surface area contributed by atoms with Crippen molar-refractivity contribution in [3.05, 3.63) is 48.3 Å². The molecule has 2 aromatic rings. The van der Waals surface area contributed by atoms with Crippen molar-refractivity contribution in [1.82, 2.24) is 9.78 Å². The highest BCUT2D eigenvalue weighted by molar-refractivity contribution is 5.80. The molecule has 19 heavy (non-hydrogen) atoms. The van der Waals surface area contributed by atoms with Crippen LogP contribution in [0.5, 0.6) is 5.75 Å². The van der Waals surface area contributed by atoms with Gasteiger partial charge in [-0.2, -0.15) is 5.10 Å². The van der Waals surface area contributed by atoms with Gasteiger partial charge in [0.15, 0.2) is 0 Å². The van der Waals surface area contributed by atoms with Gasteiger partial charge in [0, 0.05) is 26.1 Å². The lowest BCUT2D eigenvalue weighted by Crippen LogP contribution is -2.05. The Morgan fingerprint density at radius 1 is 1.32 bits per heavy atom. The molecule has 0 radical (unpaired) electrons. The second-order valence-electron chi connectivity index (χ2n) is 4.50. The summed E-state index contributed by atoms with van der Waals surface area (Å²) in [4.78, 5) is 11.7. The number of aromatic nitrogens is 2. The van der Waals surface area contributed by atoms with Crippen LogP contribution >= 0.6 is 0 Å². The molecule has 1 aromatic carbocycles. The van der Waals surface area contributed by atoms with Gasteiger partial charge >= 0.3 is 0 Å². The number of hydrogen-bond acceptors (Lipinski definition) is 3. The third kappa shape index (κ3) is 4.58. The maximum atomic E-state index is 11.7. The highest BCUT2D eigenvalue weighted by Crippen LogP contribution is 2.09. The molecule has 1 aromatic heterocycles. The molecule has 0 bridgehead atoms. The molecule has 0 fully saturated rings. The fraction of sp³-hybridized carbons (Fsp3) is 0.333. The van der Waals surface area contributed by atoms with Crippen LogP contribution in [-0.2, 0) is 18.3 Å². The summed E-state index contributed by atoms with van der Waals surface area (Å²) >= 11 is 0. The molecule has 0 aliphatic heterocycles. The summed E-state index contributed by atoms with van der Waals surface area (Å²) in [6.07, 6.45) is 5.35. The van der Waals surface area contributed by atoms with Crippen molar-refractivity contribution < 1.29 is 9.53 Å². The minimum absolute atomic E-state index is 0.227. The molecule has 0 saturated heterocycles. The van der Waals surface area contributed by atoms with Gasteiger partial charge in [0.05, 0.1) is 12.8 Å². The largest absolute Gasteiger partial charge is 0.494 e. The van der Waals surface area contributed by atoms with E-state index in [0.29, 0.717) is 19.4 Å². The average Bonchev–Trinajstić information content (AvgIpc) is 2.81. The molecule has 0 aliphatic carbocycles. The van der Waals surface area contributed by atoms with E-state index >= 15 is 0 Å². The maximum Gasteiger partial charge on any atom is 0.137 e. The monoisotopic (exact) mass is 258 g/mol. The number of benzene rings is 1. The maximum absolute atomic E-state index is 11.7. The summed E-state index contributed by atoms with van der Waals surface area (Å²) in [6.45, 7) is 0.572. The fourth-order valence-electron chi connectivity index (χ4n) is 1.86. The van der Waals surface area contributed by atoms with Gasteiger partial charge in [-0.3, -0.25) is 9.48 Å². The Balaban J connectivity index is 1.64. The standard InChI is InChI=1S/C15H18N2O2/c1-17-12-13(11-16-17)10-14(18)6-5-9-19-15-7-3-2-4-8-15/h2-4,7-8,11-12H,5-6,9-10H2,1H3. The molecule has 2 rings (SSSR count). The first kappa shape index (κ1) is 13.3. The molecule has 0 spiro atoms. The molecule has 0 amide bonds. The van der Waals surface area contributed by atoms with Crippen LogP contribution in [0.25, 0.3) is 0 Å². The van der Waals surface area contributed by atoms with Gasteiger partial charge < -0.3 is 4.74 Å². The van der Waals surface area contributed by atoms with E-state index in [1.54, 1.807) is 10.9 Å². The van der Waals surface area contributed by atoms with Crippen LogP contribution in [-0.4, -0.2) is 22.2 Å². The van der Waals surface area contributed by atoms with Crippen molar-refractivity contribution >= 4 is 5.78 Å². The molecule has 1 heterocycles. The van der Waals surface area contributed by atoms with Crippen LogP contribution in [0.4, 0.5) is 0 Å². The lowest BCUT2D eigenvalue weighted by atomic mass is 10.1. The smallest absolute Gasteiger partial charge is 0.137 e. The van der Waals surface area contributed by atoms with Gasteiger partial charge in [-0.1, -0.05) is 18.2 Å². The van der Waals surface area contributed by atoms with Crippen molar-refractivity contribution in [3.63, 3.8) is 0 Å². The molecule has 0 aliphatic rings. The zero-order chi connectivity index (χ0) is 13.5. The van der Waals surface area contributed by atoms with Crippen molar-refractivity contribution in [3.8, 4) is 5.75 Å². The van der Waals surface area contributed by atoms with Crippen LogP contribution in [0, 0.1) is 0 Å². The minimum Gasteiger partial charge on any atom is -0.494 e. The Hall–Kier alpha value is -2.10. The molecular weight excluding hydrogens is 240 g/mol. The first-order chi connectivity index (χ1) is 9.24. The van der Waals surface area contributed by atoms with E-state index in [1.807, 2.05) is 43.6 Å². The molecule has 0 N–H and O–H groups in total. The van der Waals surface area contributed by atoms with E-state index in [9.17, 15) is 4.79 Å². The van der Waals surface area contributed by atoms with E-state index in [-0.39, 0.29) is 5.78 Å². The normalized spacial score (nSPS) is 10.4. The van der Waals surface area contributed by atoms with Gasteiger partial charge in [0.2, 0.25) is 0 Å². The molecule has 4 nitrogen and oxygen atoms in total. The number of Topliss-reactive ketones (excluding diaryl/α,β-unsaturated/α-hetero) is 1. The Morgan fingerprint density at radius 2 is 2.11 bits per heavy atom. The highest BCUT2D eigenvalue weighted by atomic mass is 16.5. The van der Waals surface area contributed by atoms with Gasteiger partial charge in [0.1, 0.15) is 11.5 Å². The minimum atomic E-state index is 0.227. The van der Waals surface area contributed by atoms with E-state index < -0.39 is 0 Å². The van der Waals surface area contributed by atoms with Crippen LogP contribution in [0.3, 0.4) is 0 Å². The SMILES string of the molecule is Cn1cc(CC(=O)CCCOc2ccccc2)cn1. The molecule has 100 valence electrons. The number of rotatable bonds is 7. The number of nitrogens with zero attached hydrogens (tertiary/aromatic N) is 2. The quantitative estimate of drug-likeness (QED) is 0.716. The summed E-state index contributed by atoms with van der Waals surface area (Å²) in [5.74, 6) is 1.08. The number of carbonyl (C=O) groups is 1. The molecule has 0 atom stereocenters. The van der Waals surface area contributed by atoms with Gasteiger partial charge in [-0.15, -0.1) is 0 Å². The molecule has 0 unspecified atom stereocenters. The topological polar surface area (TPSA) is 44.1 Å². The van der Waals surface area contributed by atoms with Gasteiger partial charge in [-0.25, -0.2) is 0 Å². The second kappa shape index (κ2) is 6.73. The van der Waals surface area contributed by atoms with Gasteiger partial charge in [-0.05, 0) is 24.1 Å². The summed E-state index contributed by atoms with van der Waals surface area (Å²) in [5, 5.41) is 4.05. The van der Waals surface area contributed by atoms with Gasteiger partial charge in [0.25, 0.3) is 0 Å². The molecule has 4 heteroatoms. The average molecular weight is 258 g/mol. The van der Waals surface area contributed by atoms with Crippen molar-refractivity contribution in [2.45, 2.75) is 19.3 Å². The lowest BCUT2D eigenvalue weighted by molar-refractivity contribution is -0.118. The van der Waals surface area contributed by atoms with E-state index in [4.69, 9.17) is 4.74 Å². The summed E-state index contributed by atoms with van der Waals surface area (Å²) in [5.41, 5.74) is 0.969. The Kier molecular flexibility index (Phi) is 4.72. The Labute approximate surface area is 113 Å². The second-order valence-corrected chi connectivity index (χ2v) is 4.50. The summed E-state index contributed by atoms with van der Waals surface area (Å²) in [6, 6.07) is 9.64. The Bertz CT molecular complexity index is 520. The zero-order valence-corrected chi connectivity index (χ0v) is 11.1. The van der Waals surface area contributed by atoms with E-state index in [1.165, 1.54) is 0 Å². The zero-order valence-electron chi connectivity index (χ0n) is 11.1. The number of ether oxygens (including phenoxy) is 1.